The summed E-state index contributed by atoms with van der Waals surface area (Å²) in [6, 6.07) is 20.0. The molecular formula is C23H19N5OS. The lowest BCUT2D eigenvalue weighted by atomic mass is 10.1. The molecule has 1 aliphatic heterocycles. The Labute approximate surface area is 178 Å². The highest BCUT2D eigenvalue weighted by Crippen LogP contribution is 2.44. The second-order valence-corrected chi connectivity index (χ2v) is 8.13. The predicted molar refractivity (Wildman–Crippen MR) is 120 cm³/mol. The van der Waals surface area contributed by atoms with Gasteiger partial charge in [0.15, 0.2) is 5.69 Å². The number of carbonyl (C=O) groups is 1. The second kappa shape index (κ2) is 7.35. The van der Waals surface area contributed by atoms with Crippen LogP contribution in [0, 0.1) is 6.92 Å². The van der Waals surface area contributed by atoms with Crippen molar-refractivity contribution >= 4 is 40.4 Å². The van der Waals surface area contributed by atoms with Crippen molar-refractivity contribution in [2.75, 3.05) is 5.32 Å². The smallest absolute Gasteiger partial charge is 0.291 e. The molecule has 0 atom stereocenters. The van der Waals surface area contributed by atoms with Gasteiger partial charge in [-0.25, -0.2) is 10.4 Å². The van der Waals surface area contributed by atoms with Crippen LogP contribution in [0.4, 0.5) is 11.4 Å². The molecule has 2 N–H and O–H groups in total. The number of aromatic nitrogens is 2. The topological polar surface area (TPSA) is 70.8 Å². The molecule has 7 heteroatoms. The van der Waals surface area contributed by atoms with Crippen LogP contribution in [-0.4, -0.2) is 21.0 Å². The van der Waals surface area contributed by atoms with Crippen LogP contribution < -0.4 is 10.7 Å². The van der Waals surface area contributed by atoms with Gasteiger partial charge in [-0.05, 0) is 55.8 Å². The number of imidazole rings is 1. The number of fused-ring (bicyclic) bond motifs is 3. The number of hydrogen-bond donors (Lipinski definition) is 2. The van der Waals surface area contributed by atoms with E-state index in [1.165, 1.54) is 4.90 Å². The molecule has 6 nitrogen and oxygen atoms in total. The van der Waals surface area contributed by atoms with E-state index in [1.807, 2.05) is 60.8 Å². The third kappa shape index (κ3) is 3.23. The van der Waals surface area contributed by atoms with Crippen LogP contribution >= 0.6 is 11.8 Å². The number of amides is 1. The zero-order valence-corrected chi connectivity index (χ0v) is 17.3. The van der Waals surface area contributed by atoms with Gasteiger partial charge in [0, 0.05) is 16.0 Å². The van der Waals surface area contributed by atoms with E-state index in [2.05, 4.69) is 45.1 Å². The van der Waals surface area contributed by atoms with E-state index >= 15 is 0 Å². The van der Waals surface area contributed by atoms with Gasteiger partial charge in [0.2, 0.25) is 0 Å². The molecule has 1 aliphatic rings. The molecule has 4 aromatic rings. The maximum Gasteiger partial charge on any atom is 0.291 e. The number of carbonyl (C=O) groups excluding carboxylic acids is 1. The minimum Gasteiger partial charge on any atom is -0.354 e. The van der Waals surface area contributed by atoms with E-state index < -0.39 is 0 Å². The molecule has 148 valence electrons. The van der Waals surface area contributed by atoms with Crippen LogP contribution in [0.3, 0.4) is 0 Å². The third-order valence-electron chi connectivity index (χ3n) is 5.08. The van der Waals surface area contributed by atoms with Gasteiger partial charge in [-0.1, -0.05) is 36.0 Å². The molecule has 2 aromatic heterocycles. The van der Waals surface area contributed by atoms with E-state index in [0.717, 1.165) is 38.9 Å². The molecule has 30 heavy (non-hydrogen) atoms. The minimum absolute atomic E-state index is 0.323. The van der Waals surface area contributed by atoms with E-state index in [0.29, 0.717) is 5.69 Å². The number of hydrazone groups is 1. The fraction of sp³-hybridized carbons (Fsp3) is 0.0870. The highest BCUT2D eigenvalue weighted by atomic mass is 32.2. The molecule has 5 rings (SSSR count). The Balaban J connectivity index is 1.36. The largest absolute Gasteiger partial charge is 0.354 e. The molecule has 0 radical (unpaired) electrons. The first kappa shape index (κ1) is 18.4. The first-order valence-electron chi connectivity index (χ1n) is 9.57. The van der Waals surface area contributed by atoms with Gasteiger partial charge in [-0.3, -0.25) is 4.79 Å². The van der Waals surface area contributed by atoms with Gasteiger partial charge in [0.25, 0.3) is 5.91 Å². The molecule has 0 aliphatic carbocycles. The number of nitrogens with one attached hydrogen (secondary N) is 2. The summed E-state index contributed by atoms with van der Waals surface area (Å²) < 4.78 is 1.89. The molecule has 2 aromatic carbocycles. The SMILES string of the molecule is C/C(=N\NC(=O)c1nc2ccccn2c1C)c1ccc2c(c1)Nc1ccccc1S2. The summed E-state index contributed by atoms with van der Waals surface area (Å²) >= 11 is 1.74. The number of nitrogens with zero attached hydrogens (tertiary/aromatic N) is 3. The van der Waals surface area contributed by atoms with Crippen molar-refractivity contribution in [3.05, 3.63) is 83.8 Å². The molecule has 0 saturated heterocycles. The average Bonchev–Trinajstić information content (AvgIpc) is 3.12. The highest BCUT2D eigenvalue weighted by molar-refractivity contribution is 7.99. The lowest BCUT2D eigenvalue weighted by Gasteiger charge is -2.21. The quantitative estimate of drug-likeness (QED) is 0.322. The number of pyridine rings is 1. The van der Waals surface area contributed by atoms with Gasteiger partial charge in [-0.2, -0.15) is 5.10 Å². The Kier molecular flexibility index (Phi) is 4.52. The van der Waals surface area contributed by atoms with Crippen molar-refractivity contribution in [3.8, 4) is 0 Å². The Morgan fingerprint density at radius 2 is 1.87 bits per heavy atom. The predicted octanol–water partition coefficient (Wildman–Crippen LogP) is 5.00. The zero-order chi connectivity index (χ0) is 20.7. The first-order valence-corrected chi connectivity index (χ1v) is 10.4. The van der Waals surface area contributed by atoms with Crippen molar-refractivity contribution in [3.63, 3.8) is 0 Å². The minimum atomic E-state index is -0.323. The first-order chi connectivity index (χ1) is 14.6. The number of para-hydroxylation sites is 1. The fourth-order valence-electron chi connectivity index (χ4n) is 3.45. The van der Waals surface area contributed by atoms with Gasteiger partial charge < -0.3 is 9.72 Å². The Hall–Kier alpha value is -3.58. The summed E-state index contributed by atoms with van der Waals surface area (Å²) in [5.74, 6) is -0.323. The van der Waals surface area contributed by atoms with Crippen molar-refractivity contribution in [2.24, 2.45) is 5.10 Å². The molecular weight excluding hydrogens is 394 g/mol. The highest BCUT2D eigenvalue weighted by Gasteiger charge is 2.17. The van der Waals surface area contributed by atoms with Crippen molar-refractivity contribution in [2.45, 2.75) is 23.6 Å². The molecule has 0 spiro atoms. The second-order valence-electron chi connectivity index (χ2n) is 7.05. The monoisotopic (exact) mass is 413 g/mol. The molecule has 1 amide bonds. The van der Waals surface area contributed by atoms with Crippen molar-refractivity contribution < 1.29 is 4.79 Å². The normalized spacial score (nSPS) is 12.8. The average molecular weight is 414 g/mol. The Morgan fingerprint density at radius 1 is 1.07 bits per heavy atom. The summed E-state index contributed by atoms with van der Waals surface area (Å²) in [5, 5.41) is 7.78. The molecule has 0 unspecified atom stereocenters. The summed E-state index contributed by atoms with van der Waals surface area (Å²) in [7, 11) is 0. The summed E-state index contributed by atoms with van der Waals surface area (Å²) in [4.78, 5) is 19.4. The Bertz CT molecular complexity index is 1320. The fourth-order valence-corrected chi connectivity index (χ4v) is 4.42. The van der Waals surface area contributed by atoms with E-state index in [9.17, 15) is 4.79 Å². The van der Waals surface area contributed by atoms with Crippen molar-refractivity contribution in [1.29, 1.82) is 0 Å². The molecule has 0 bridgehead atoms. The number of hydrogen-bond acceptors (Lipinski definition) is 5. The van der Waals surface area contributed by atoms with E-state index in [1.54, 1.807) is 11.8 Å². The van der Waals surface area contributed by atoms with Crippen LogP contribution in [0.15, 0.2) is 81.8 Å². The van der Waals surface area contributed by atoms with E-state index in [-0.39, 0.29) is 5.91 Å². The molecule has 0 saturated carbocycles. The molecule has 0 fully saturated rings. The summed E-state index contributed by atoms with van der Waals surface area (Å²) in [6.45, 7) is 3.75. The van der Waals surface area contributed by atoms with E-state index in [4.69, 9.17) is 0 Å². The lowest BCUT2D eigenvalue weighted by molar-refractivity contribution is 0.0950. The maximum atomic E-state index is 12.6. The van der Waals surface area contributed by atoms with Gasteiger partial charge in [0.05, 0.1) is 22.8 Å². The number of rotatable bonds is 3. The zero-order valence-electron chi connectivity index (χ0n) is 16.5. The van der Waals surface area contributed by atoms with Crippen LogP contribution in [0.1, 0.15) is 28.7 Å². The van der Waals surface area contributed by atoms with Crippen LogP contribution in [0.25, 0.3) is 5.65 Å². The standard InChI is InChI=1S/C23H19N5OS/c1-14(26-27-23(29)22-15(2)28-12-6-5-9-21(28)25-22)16-10-11-20-18(13-16)24-17-7-3-4-8-19(17)30-20/h3-13,24H,1-2H3,(H,27,29)/b26-14+. The Morgan fingerprint density at radius 3 is 2.73 bits per heavy atom. The third-order valence-corrected chi connectivity index (χ3v) is 6.23. The van der Waals surface area contributed by atoms with Crippen LogP contribution in [0.2, 0.25) is 0 Å². The van der Waals surface area contributed by atoms with Gasteiger partial charge >= 0.3 is 0 Å². The number of benzene rings is 2. The summed E-state index contributed by atoms with van der Waals surface area (Å²) in [5.41, 5.74) is 8.32. The van der Waals surface area contributed by atoms with Gasteiger partial charge in [-0.15, -0.1) is 0 Å². The van der Waals surface area contributed by atoms with Gasteiger partial charge in [0.1, 0.15) is 5.65 Å². The van der Waals surface area contributed by atoms with Crippen LogP contribution in [-0.2, 0) is 0 Å². The lowest BCUT2D eigenvalue weighted by Crippen LogP contribution is -2.20. The maximum absolute atomic E-state index is 12.6. The van der Waals surface area contributed by atoms with Crippen molar-refractivity contribution in [1.82, 2.24) is 14.8 Å². The number of anilines is 2. The molecule has 3 heterocycles. The summed E-state index contributed by atoms with van der Waals surface area (Å²) in [6.07, 6.45) is 1.89. The number of aryl methyl sites for hydroxylation is 1. The van der Waals surface area contributed by atoms with Crippen LogP contribution in [0.5, 0.6) is 0 Å².